The van der Waals surface area contributed by atoms with Gasteiger partial charge in [0.1, 0.15) is 5.82 Å². The van der Waals surface area contributed by atoms with E-state index in [1.165, 1.54) is 30.3 Å². The molecule has 0 N–H and O–H groups in total. The van der Waals surface area contributed by atoms with Gasteiger partial charge in [0.05, 0.1) is 24.5 Å². The predicted molar refractivity (Wildman–Crippen MR) is 81.5 cm³/mol. The van der Waals surface area contributed by atoms with Crippen LogP contribution in [0.2, 0.25) is 0 Å². The van der Waals surface area contributed by atoms with Crippen LogP contribution in [0.1, 0.15) is 31.3 Å². The molecule has 0 aliphatic carbocycles. The van der Waals surface area contributed by atoms with Crippen molar-refractivity contribution in [1.29, 1.82) is 0 Å². The van der Waals surface area contributed by atoms with Gasteiger partial charge in [-0.3, -0.25) is 4.79 Å². The van der Waals surface area contributed by atoms with Crippen molar-refractivity contribution < 1.29 is 18.7 Å². The molecular weight excluding hydrogens is 303 g/mol. The minimum atomic E-state index is -0.695. The quantitative estimate of drug-likeness (QED) is 0.791. The number of aromatic nitrogens is 2. The predicted octanol–water partition coefficient (Wildman–Crippen LogP) is 2.34. The molecule has 1 aromatic carbocycles. The monoisotopic (exact) mass is 320 g/mol. The molecular formula is C16H17FN2O4. The van der Waals surface area contributed by atoms with Crippen LogP contribution in [-0.4, -0.2) is 28.5 Å². The Morgan fingerprint density at radius 2 is 1.96 bits per heavy atom. The van der Waals surface area contributed by atoms with Crippen LogP contribution in [0, 0.1) is 5.82 Å². The maximum absolute atomic E-state index is 13.0. The summed E-state index contributed by atoms with van der Waals surface area (Å²) >= 11 is 0. The van der Waals surface area contributed by atoms with Crippen LogP contribution in [0.5, 0.6) is 5.75 Å². The number of carbonyl (C=O) groups excluding carboxylic acids is 1. The summed E-state index contributed by atoms with van der Waals surface area (Å²) in [6, 6.07) is 6.35. The Morgan fingerprint density at radius 1 is 1.30 bits per heavy atom. The number of esters is 1. The third-order valence-electron chi connectivity index (χ3n) is 2.80. The molecule has 6 nitrogen and oxygen atoms in total. The fourth-order valence-electron chi connectivity index (χ4n) is 1.89. The van der Waals surface area contributed by atoms with E-state index in [-0.39, 0.29) is 24.2 Å². The van der Waals surface area contributed by atoms with E-state index in [0.29, 0.717) is 5.69 Å². The van der Waals surface area contributed by atoms with Gasteiger partial charge in [0.15, 0.2) is 5.75 Å². The van der Waals surface area contributed by atoms with Gasteiger partial charge in [-0.15, -0.1) is 0 Å². The van der Waals surface area contributed by atoms with Crippen molar-refractivity contribution in [1.82, 2.24) is 9.78 Å². The zero-order valence-corrected chi connectivity index (χ0v) is 13.1. The number of ether oxygens (including phenoxy) is 2. The van der Waals surface area contributed by atoms with Gasteiger partial charge < -0.3 is 9.47 Å². The van der Waals surface area contributed by atoms with Crippen LogP contribution in [0.25, 0.3) is 5.69 Å². The van der Waals surface area contributed by atoms with E-state index in [1.54, 1.807) is 20.8 Å². The molecule has 1 aromatic heterocycles. The van der Waals surface area contributed by atoms with Crippen molar-refractivity contribution in [2.75, 3.05) is 6.61 Å². The first kappa shape index (κ1) is 16.7. The highest BCUT2D eigenvalue weighted by atomic mass is 19.1. The van der Waals surface area contributed by atoms with Gasteiger partial charge in [-0.1, -0.05) is 0 Å². The Hall–Kier alpha value is -2.70. The zero-order chi connectivity index (χ0) is 17.0. The second-order valence-corrected chi connectivity index (χ2v) is 4.97. The molecule has 122 valence electrons. The lowest BCUT2D eigenvalue weighted by atomic mass is 10.3. The van der Waals surface area contributed by atoms with Crippen molar-refractivity contribution in [2.24, 2.45) is 0 Å². The molecule has 0 aliphatic rings. The summed E-state index contributed by atoms with van der Waals surface area (Å²) in [4.78, 5) is 24.3. The van der Waals surface area contributed by atoms with Crippen LogP contribution in [0.15, 0.2) is 35.1 Å². The van der Waals surface area contributed by atoms with Crippen LogP contribution in [0.4, 0.5) is 4.39 Å². The Morgan fingerprint density at radius 3 is 2.52 bits per heavy atom. The number of carbonyl (C=O) groups is 1. The number of rotatable bonds is 5. The van der Waals surface area contributed by atoms with Crippen molar-refractivity contribution in [3.63, 3.8) is 0 Å². The first-order valence-electron chi connectivity index (χ1n) is 7.16. The summed E-state index contributed by atoms with van der Waals surface area (Å²) in [5, 5.41) is 4.03. The highest BCUT2D eigenvalue weighted by Gasteiger charge is 2.20. The molecule has 0 bridgehead atoms. The average molecular weight is 320 g/mol. The van der Waals surface area contributed by atoms with E-state index in [0.717, 1.165) is 4.68 Å². The maximum atomic E-state index is 13.0. The summed E-state index contributed by atoms with van der Waals surface area (Å²) < 4.78 is 24.4. The molecule has 0 aliphatic heterocycles. The largest absolute Gasteiger partial charge is 0.488 e. The fraction of sp³-hybridized carbons (Fsp3) is 0.312. The minimum Gasteiger partial charge on any atom is -0.488 e. The second kappa shape index (κ2) is 7.04. The van der Waals surface area contributed by atoms with Gasteiger partial charge in [0, 0.05) is 0 Å². The molecule has 23 heavy (non-hydrogen) atoms. The molecule has 7 heteroatoms. The Kier molecular flexibility index (Phi) is 5.10. The molecule has 0 saturated heterocycles. The summed E-state index contributed by atoms with van der Waals surface area (Å²) in [7, 11) is 0. The Bertz CT molecular complexity index is 754. The molecule has 1 heterocycles. The normalized spacial score (nSPS) is 10.7. The third-order valence-corrected chi connectivity index (χ3v) is 2.80. The Balaban J connectivity index is 2.56. The number of nitrogens with zero attached hydrogens (tertiary/aromatic N) is 2. The highest BCUT2D eigenvalue weighted by molar-refractivity contribution is 5.90. The average Bonchev–Trinajstić information content (AvgIpc) is 2.48. The van der Waals surface area contributed by atoms with Crippen molar-refractivity contribution in [3.05, 3.63) is 52.2 Å². The summed E-state index contributed by atoms with van der Waals surface area (Å²) in [6.45, 7) is 5.36. The van der Waals surface area contributed by atoms with E-state index in [4.69, 9.17) is 9.47 Å². The maximum Gasteiger partial charge on any atom is 0.362 e. The van der Waals surface area contributed by atoms with E-state index < -0.39 is 17.3 Å². The van der Waals surface area contributed by atoms with Gasteiger partial charge in [-0.25, -0.2) is 9.18 Å². The second-order valence-electron chi connectivity index (χ2n) is 4.97. The number of benzene rings is 1. The van der Waals surface area contributed by atoms with Crippen LogP contribution in [0.3, 0.4) is 0 Å². The van der Waals surface area contributed by atoms with Crippen molar-refractivity contribution in [3.8, 4) is 11.4 Å². The van der Waals surface area contributed by atoms with Crippen LogP contribution < -0.4 is 10.3 Å². The first-order chi connectivity index (χ1) is 10.9. The minimum absolute atomic E-state index is 0.0572. The van der Waals surface area contributed by atoms with Gasteiger partial charge in [-0.05, 0) is 45.0 Å². The van der Waals surface area contributed by atoms with Crippen LogP contribution in [-0.2, 0) is 4.74 Å². The van der Waals surface area contributed by atoms with Gasteiger partial charge in [0.2, 0.25) is 5.69 Å². The molecule has 0 amide bonds. The van der Waals surface area contributed by atoms with E-state index in [2.05, 4.69) is 5.10 Å². The molecule has 0 radical (unpaired) electrons. The molecule has 0 atom stereocenters. The van der Waals surface area contributed by atoms with Crippen molar-refractivity contribution in [2.45, 2.75) is 26.9 Å². The lowest BCUT2D eigenvalue weighted by Gasteiger charge is -2.14. The number of hydrogen-bond donors (Lipinski definition) is 0. The van der Waals surface area contributed by atoms with E-state index in [1.807, 2.05) is 0 Å². The lowest BCUT2D eigenvalue weighted by Crippen LogP contribution is -2.26. The lowest BCUT2D eigenvalue weighted by molar-refractivity contribution is 0.0510. The molecule has 0 unspecified atom stereocenters. The Labute approximate surface area is 132 Å². The van der Waals surface area contributed by atoms with Gasteiger partial charge in [0.25, 0.3) is 5.56 Å². The molecule has 0 spiro atoms. The summed E-state index contributed by atoms with van der Waals surface area (Å²) in [5.74, 6) is -1.08. The highest BCUT2D eigenvalue weighted by Crippen LogP contribution is 2.17. The zero-order valence-electron chi connectivity index (χ0n) is 13.1. The first-order valence-corrected chi connectivity index (χ1v) is 7.16. The van der Waals surface area contributed by atoms with E-state index in [9.17, 15) is 14.0 Å². The topological polar surface area (TPSA) is 70.4 Å². The SMILES string of the molecule is CCOC(=O)c1nn(-c2ccc(F)cc2)c(=O)cc1OC(C)C. The molecule has 0 saturated carbocycles. The van der Waals surface area contributed by atoms with Gasteiger partial charge >= 0.3 is 5.97 Å². The molecule has 0 fully saturated rings. The van der Waals surface area contributed by atoms with E-state index >= 15 is 0 Å². The number of hydrogen-bond acceptors (Lipinski definition) is 5. The smallest absolute Gasteiger partial charge is 0.362 e. The summed E-state index contributed by atoms with van der Waals surface area (Å²) in [5.41, 5.74) is -0.275. The van der Waals surface area contributed by atoms with Crippen LogP contribution >= 0.6 is 0 Å². The molecule has 2 aromatic rings. The van der Waals surface area contributed by atoms with Gasteiger partial charge in [-0.2, -0.15) is 9.78 Å². The summed E-state index contributed by atoms with van der Waals surface area (Å²) in [6.07, 6.45) is -0.244. The fourth-order valence-corrected chi connectivity index (χ4v) is 1.89. The standard InChI is InChI=1S/C16H17FN2O4/c1-4-22-16(21)15-13(23-10(2)3)9-14(20)19(18-15)12-7-5-11(17)6-8-12/h5-10H,4H2,1-3H3. The number of halogens is 1. The molecule has 2 rings (SSSR count). The third kappa shape index (κ3) is 3.94. The van der Waals surface area contributed by atoms with Crippen molar-refractivity contribution >= 4 is 5.97 Å².